The molecule has 0 spiro atoms. The molecule has 4 bridgehead atoms. The number of carbonyl (C=O) groups is 2. The number of carbonyl (C=O) groups excluding carboxylic acids is 1. The molecule has 122 valence electrons. The van der Waals surface area contributed by atoms with Gasteiger partial charge < -0.3 is 10.4 Å². The Morgan fingerprint density at radius 1 is 0.955 bits per heavy atom. The molecule has 4 nitrogen and oxygen atoms in total. The summed E-state index contributed by atoms with van der Waals surface area (Å²) in [6.45, 7) is 2.13. The average molecular weight is 305 g/mol. The predicted octanol–water partition coefficient (Wildman–Crippen LogP) is 2.67. The molecule has 4 fully saturated rings. The summed E-state index contributed by atoms with van der Waals surface area (Å²) in [6.07, 6.45) is 8.26. The van der Waals surface area contributed by atoms with E-state index in [4.69, 9.17) is 0 Å². The van der Waals surface area contributed by atoms with Crippen LogP contribution >= 0.6 is 0 Å². The summed E-state index contributed by atoms with van der Waals surface area (Å²) in [5, 5.41) is 12.7. The molecule has 0 aromatic rings. The molecular formula is C18H27NO3. The van der Waals surface area contributed by atoms with Gasteiger partial charge in [0, 0.05) is 6.04 Å². The molecule has 4 aliphatic carbocycles. The standard InChI is InChI=1S/C18H27NO3/c1-9(14-7-10-2-3-11(14)6-10)19-17(20)15-12-4-5-13(8-12)16(15)18(21)22/h9-16H,2-8H2,1H3,(H,19,20)(H,21,22)/t9-,10-,11-,12-,13-,14-,15+,16+/m0/s1. The van der Waals surface area contributed by atoms with Crippen LogP contribution in [0.15, 0.2) is 0 Å². The molecule has 0 saturated heterocycles. The lowest BCUT2D eigenvalue weighted by molar-refractivity contribution is -0.149. The van der Waals surface area contributed by atoms with E-state index in [9.17, 15) is 14.7 Å². The van der Waals surface area contributed by atoms with Crippen molar-refractivity contribution in [1.29, 1.82) is 0 Å². The van der Waals surface area contributed by atoms with E-state index < -0.39 is 11.9 Å². The minimum Gasteiger partial charge on any atom is -0.481 e. The maximum atomic E-state index is 12.7. The molecule has 4 saturated carbocycles. The maximum absolute atomic E-state index is 12.7. The molecule has 1 amide bonds. The van der Waals surface area contributed by atoms with Gasteiger partial charge >= 0.3 is 5.97 Å². The first-order valence-electron chi connectivity index (χ1n) is 9.07. The first-order chi connectivity index (χ1) is 10.5. The Morgan fingerprint density at radius 3 is 2.23 bits per heavy atom. The molecule has 0 unspecified atom stereocenters. The lowest BCUT2D eigenvalue weighted by Gasteiger charge is -2.32. The summed E-state index contributed by atoms with van der Waals surface area (Å²) < 4.78 is 0. The number of nitrogens with one attached hydrogen (secondary N) is 1. The topological polar surface area (TPSA) is 66.4 Å². The highest BCUT2D eigenvalue weighted by Crippen LogP contribution is 2.53. The van der Waals surface area contributed by atoms with Crippen molar-refractivity contribution in [3.63, 3.8) is 0 Å². The summed E-state index contributed by atoms with van der Waals surface area (Å²) in [6, 6.07) is 0.205. The SMILES string of the molecule is C[C@H](NC(=O)[C@@H]1[C@H]2CC[C@@H](C2)[C@H]1C(=O)O)[C@@H]1C[C@H]2CC[C@H]1C2. The third-order valence-corrected chi connectivity index (χ3v) is 7.31. The zero-order valence-electron chi connectivity index (χ0n) is 13.3. The summed E-state index contributed by atoms with van der Waals surface area (Å²) in [4.78, 5) is 24.3. The van der Waals surface area contributed by atoms with Gasteiger partial charge in [0.1, 0.15) is 0 Å². The van der Waals surface area contributed by atoms with Gasteiger partial charge in [-0.1, -0.05) is 6.42 Å². The van der Waals surface area contributed by atoms with Crippen LogP contribution in [0.1, 0.15) is 51.9 Å². The third-order valence-electron chi connectivity index (χ3n) is 7.31. The van der Waals surface area contributed by atoms with Crippen molar-refractivity contribution < 1.29 is 14.7 Å². The Kier molecular flexibility index (Phi) is 3.46. The van der Waals surface area contributed by atoms with Gasteiger partial charge in [0.05, 0.1) is 11.8 Å². The molecule has 22 heavy (non-hydrogen) atoms. The molecule has 0 aliphatic heterocycles. The van der Waals surface area contributed by atoms with E-state index in [0.29, 0.717) is 11.8 Å². The van der Waals surface area contributed by atoms with Gasteiger partial charge in [0.25, 0.3) is 0 Å². The maximum Gasteiger partial charge on any atom is 0.307 e. The lowest BCUT2D eigenvalue weighted by atomic mass is 9.78. The number of rotatable bonds is 4. The summed E-state index contributed by atoms with van der Waals surface area (Å²) >= 11 is 0. The highest BCUT2D eigenvalue weighted by Gasteiger charge is 2.54. The average Bonchev–Trinajstić information content (AvgIpc) is 3.24. The van der Waals surface area contributed by atoms with Crippen LogP contribution in [0.4, 0.5) is 0 Å². The largest absolute Gasteiger partial charge is 0.481 e. The van der Waals surface area contributed by atoms with Gasteiger partial charge in [-0.25, -0.2) is 0 Å². The van der Waals surface area contributed by atoms with Crippen molar-refractivity contribution in [3.8, 4) is 0 Å². The number of carboxylic acids is 1. The quantitative estimate of drug-likeness (QED) is 0.839. The smallest absolute Gasteiger partial charge is 0.307 e. The number of amides is 1. The van der Waals surface area contributed by atoms with Crippen molar-refractivity contribution in [1.82, 2.24) is 5.32 Å². The second kappa shape index (κ2) is 5.24. The van der Waals surface area contributed by atoms with E-state index in [1.54, 1.807) is 0 Å². The fourth-order valence-corrected chi connectivity index (χ4v) is 6.36. The fraction of sp³-hybridized carbons (Fsp3) is 0.889. The van der Waals surface area contributed by atoms with Crippen LogP contribution < -0.4 is 5.32 Å². The van der Waals surface area contributed by atoms with Crippen molar-refractivity contribution in [2.24, 2.45) is 41.4 Å². The Hall–Kier alpha value is -1.06. The van der Waals surface area contributed by atoms with Gasteiger partial charge in [0.15, 0.2) is 0 Å². The van der Waals surface area contributed by atoms with Gasteiger partial charge in [-0.05, 0) is 75.0 Å². The molecule has 4 rings (SSSR count). The van der Waals surface area contributed by atoms with Crippen LogP contribution in [0.2, 0.25) is 0 Å². The van der Waals surface area contributed by atoms with Crippen LogP contribution in [-0.2, 0) is 9.59 Å². The number of hydrogen-bond acceptors (Lipinski definition) is 2. The number of fused-ring (bicyclic) bond motifs is 4. The minimum absolute atomic E-state index is 0.0230. The van der Waals surface area contributed by atoms with Gasteiger partial charge in [-0.2, -0.15) is 0 Å². The predicted molar refractivity (Wildman–Crippen MR) is 82.0 cm³/mol. The van der Waals surface area contributed by atoms with Crippen LogP contribution in [-0.4, -0.2) is 23.0 Å². The van der Waals surface area contributed by atoms with E-state index >= 15 is 0 Å². The molecule has 0 heterocycles. The summed E-state index contributed by atoms with van der Waals surface area (Å²) in [5.41, 5.74) is 0. The van der Waals surface area contributed by atoms with Gasteiger partial charge in [-0.15, -0.1) is 0 Å². The normalized spacial score (nSPS) is 46.9. The van der Waals surface area contributed by atoms with E-state index in [1.165, 1.54) is 25.7 Å². The molecule has 4 heteroatoms. The molecule has 8 atom stereocenters. The summed E-state index contributed by atoms with van der Waals surface area (Å²) in [7, 11) is 0. The minimum atomic E-state index is -0.764. The van der Waals surface area contributed by atoms with Gasteiger partial charge in [-0.3, -0.25) is 9.59 Å². The third kappa shape index (κ3) is 2.17. The first kappa shape index (κ1) is 14.5. The van der Waals surface area contributed by atoms with Crippen molar-refractivity contribution in [2.45, 2.75) is 57.9 Å². The fourth-order valence-electron chi connectivity index (χ4n) is 6.36. The van der Waals surface area contributed by atoms with E-state index in [1.807, 2.05) is 0 Å². The van der Waals surface area contributed by atoms with Crippen LogP contribution in [0, 0.1) is 41.4 Å². The Bertz CT molecular complexity index is 491. The zero-order chi connectivity index (χ0) is 15.4. The Morgan fingerprint density at radius 2 is 1.64 bits per heavy atom. The highest BCUT2D eigenvalue weighted by atomic mass is 16.4. The second-order valence-electron chi connectivity index (χ2n) is 8.36. The Labute approximate surface area is 132 Å². The van der Waals surface area contributed by atoms with Crippen molar-refractivity contribution >= 4 is 11.9 Å². The monoisotopic (exact) mass is 305 g/mol. The van der Waals surface area contributed by atoms with Crippen LogP contribution in [0.5, 0.6) is 0 Å². The highest BCUT2D eigenvalue weighted by molar-refractivity contribution is 5.86. The number of carboxylic acid groups (broad SMARTS) is 1. The van der Waals surface area contributed by atoms with E-state index in [2.05, 4.69) is 12.2 Å². The Balaban J connectivity index is 1.42. The number of aliphatic carboxylic acids is 1. The summed E-state index contributed by atoms with van der Waals surface area (Å²) in [5.74, 6) is 1.36. The zero-order valence-corrected chi connectivity index (χ0v) is 13.3. The second-order valence-corrected chi connectivity index (χ2v) is 8.36. The first-order valence-corrected chi connectivity index (χ1v) is 9.07. The molecule has 2 N–H and O–H groups in total. The van der Waals surface area contributed by atoms with E-state index in [-0.39, 0.29) is 23.8 Å². The molecule has 0 aromatic heterocycles. The molecular weight excluding hydrogens is 278 g/mol. The molecule has 0 aromatic carbocycles. The lowest BCUT2D eigenvalue weighted by Crippen LogP contribution is -2.47. The van der Waals surface area contributed by atoms with Crippen LogP contribution in [0.3, 0.4) is 0 Å². The number of hydrogen-bond donors (Lipinski definition) is 2. The molecule has 0 radical (unpaired) electrons. The van der Waals surface area contributed by atoms with Crippen LogP contribution in [0.25, 0.3) is 0 Å². The van der Waals surface area contributed by atoms with Crippen molar-refractivity contribution in [2.75, 3.05) is 0 Å². The van der Waals surface area contributed by atoms with Gasteiger partial charge in [0.2, 0.25) is 5.91 Å². The molecule has 4 aliphatic rings. The van der Waals surface area contributed by atoms with Crippen molar-refractivity contribution in [3.05, 3.63) is 0 Å². The van der Waals surface area contributed by atoms with E-state index in [0.717, 1.165) is 31.1 Å².